The number of rotatable bonds is 6. The van der Waals surface area contributed by atoms with E-state index in [-0.39, 0.29) is 18.3 Å². The van der Waals surface area contributed by atoms with Crippen molar-refractivity contribution in [1.29, 1.82) is 5.26 Å². The molecule has 0 aliphatic rings. The summed E-state index contributed by atoms with van der Waals surface area (Å²) in [5.74, 6) is -0.0898. The molecular formula is C26H19FN4O. The van der Waals surface area contributed by atoms with Crippen LogP contribution in [-0.2, 0) is 13.1 Å². The van der Waals surface area contributed by atoms with Gasteiger partial charge in [-0.2, -0.15) is 5.26 Å². The standard InChI is InChI=1S/C26H19FN4O/c27-24-8-4-5-21(13-24)18-31(17-20-11-9-19(14-28)10-12-20)26(32)23-15-29-25(30-16-23)22-6-2-1-3-7-22/h1-13,15-16H,17-18H2. The Morgan fingerprint density at radius 1 is 0.875 bits per heavy atom. The fourth-order valence-electron chi connectivity index (χ4n) is 3.32. The summed E-state index contributed by atoms with van der Waals surface area (Å²) < 4.78 is 13.7. The summed E-state index contributed by atoms with van der Waals surface area (Å²) >= 11 is 0. The minimum Gasteiger partial charge on any atom is -0.330 e. The largest absolute Gasteiger partial charge is 0.330 e. The van der Waals surface area contributed by atoms with Crippen LogP contribution in [-0.4, -0.2) is 20.8 Å². The molecule has 0 spiro atoms. The van der Waals surface area contributed by atoms with Crippen molar-refractivity contribution in [2.45, 2.75) is 13.1 Å². The Labute approximate surface area is 185 Å². The maximum Gasteiger partial charge on any atom is 0.257 e. The van der Waals surface area contributed by atoms with Crippen LogP contribution in [0.15, 0.2) is 91.3 Å². The van der Waals surface area contributed by atoms with E-state index in [0.29, 0.717) is 29.1 Å². The molecule has 6 heteroatoms. The van der Waals surface area contributed by atoms with Crippen LogP contribution >= 0.6 is 0 Å². The number of carbonyl (C=O) groups is 1. The SMILES string of the molecule is N#Cc1ccc(CN(Cc2cccc(F)c2)C(=O)c2cnc(-c3ccccc3)nc2)cc1. The molecule has 5 nitrogen and oxygen atoms in total. The molecule has 0 unspecified atom stereocenters. The van der Waals surface area contributed by atoms with E-state index in [1.807, 2.05) is 30.3 Å². The molecule has 0 fully saturated rings. The number of nitrogens with zero attached hydrogens (tertiary/aromatic N) is 4. The van der Waals surface area contributed by atoms with Crippen molar-refractivity contribution in [1.82, 2.24) is 14.9 Å². The zero-order valence-electron chi connectivity index (χ0n) is 17.1. The van der Waals surface area contributed by atoms with Crippen molar-refractivity contribution >= 4 is 5.91 Å². The van der Waals surface area contributed by atoms with Gasteiger partial charge in [0.2, 0.25) is 0 Å². The Bertz CT molecular complexity index is 1250. The summed E-state index contributed by atoms with van der Waals surface area (Å²) in [6.07, 6.45) is 3.02. The first-order chi connectivity index (χ1) is 15.6. The normalized spacial score (nSPS) is 10.4. The molecule has 156 valence electrons. The minimum atomic E-state index is -0.358. The Morgan fingerprint density at radius 3 is 2.22 bits per heavy atom. The van der Waals surface area contributed by atoms with E-state index in [0.717, 1.165) is 11.1 Å². The summed E-state index contributed by atoms with van der Waals surface area (Å²) in [6, 6.07) is 24.8. The van der Waals surface area contributed by atoms with Crippen LogP contribution in [0.1, 0.15) is 27.0 Å². The molecule has 3 aromatic carbocycles. The fourth-order valence-corrected chi connectivity index (χ4v) is 3.32. The molecule has 1 aromatic heterocycles. The molecule has 0 aliphatic heterocycles. The van der Waals surface area contributed by atoms with E-state index < -0.39 is 0 Å². The first kappa shape index (κ1) is 20.9. The maximum atomic E-state index is 13.7. The van der Waals surface area contributed by atoms with Crippen molar-refractivity contribution in [3.63, 3.8) is 0 Å². The van der Waals surface area contributed by atoms with Crippen molar-refractivity contribution in [3.8, 4) is 17.5 Å². The van der Waals surface area contributed by atoms with Gasteiger partial charge in [-0.1, -0.05) is 54.6 Å². The van der Waals surface area contributed by atoms with Crippen LogP contribution < -0.4 is 0 Å². The first-order valence-electron chi connectivity index (χ1n) is 10.0. The zero-order chi connectivity index (χ0) is 22.3. The molecule has 0 saturated heterocycles. The van der Waals surface area contributed by atoms with Gasteiger partial charge in [-0.3, -0.25) is 4.79 Å². The molecule has 0 bridgehead atoms. The van der Waals surface area contributed by atoms with Crippen LogP contribution in [0.3, 0.4) is 0 Å². The molecular weight excluding hydrogens is 403 g/mol. The van der Waals surface area contributed by atoms with Crippen molar-refractivity contribution < 1.29 is 9.18 Å². The van der Waals surface area contributed by atoms with E-state index in [1.165, 1.54) is 24.5 Å². The lowest BCUT2D eigenvalue weighted by molar-refractivity contribution is 0.0729. The Morgan fingerprint density at radius 2 is 1.56 bits per heavy atom. The third-order valence-corrected chi connectivity index (χ3v) is 4.94. The third-order valence-electron chi connectivity index (χ3n) is 4.94. The molecule has 32 heavy (non-hydrogen) atoms. The average Bonchev–Trinajstić information content (AvgIpc) is 2.84. The maximum absolute atomic E-state index is 13.7. The number of aromatic nitrogens is 2. The number of carbonyl (C=O) groups excluding carboxylic acids is 1. The van der Waals surface area contributed by atoms with Crippen molar-refractivity contribution in [3.05, 3.63) is 119 Å². The summed E-state index contributed by atoms with van der Waals surface area (Å²) in [4.78, 5) is 23.6. The van der Waals surface area contributed by atoms with Gasteiger partial charge in [-0.05, 0) is 35.4 Å². The van der Waals surface area contributed by atoms with Crippen LogP contribution in [0.5, 0.6) is 0 Å². The average molecular weight is 422 g/mol. The highest BCUT2D eigenvalue weighted by Gasteiger charge is 2.18. The zero-order valence-corrected chi connectivity index (χ0v) is 17.1. The van der Waals surface area contributed by atoms with Crippen molar-refractivity contribution in [2.75, 3.05) is 0 Å². The number of benzene rings is 3. The molecule has 0 atom stereocenters. The molecule has 4 aromatic rings. The van der Waals surface area contributed by atoms with Gasteiger partial charge in [0.1, 0.15) is 5.82 Å². The summed E-state index contributed by atoms with van der Waals surface area (Å²) in [5.41, 5.74) is 3.28. The highest BCUT2D eigenvalue weighted by atomic mass is 19.1. The lowest BCUT2D eigenvalue weighted by atomic mass is 10.1. The Kier molecular flexibility index (Phi) is 6.28. The molecule has 0 aliphatic carbocycles. The van der Waals surface area contributed by atoms with E-state index in [9.17, 15) is 9.18 Å². The monoisotopic (exact) mass is 422 g/mol. The van der Waals surface area contributed by atoms with Crippen LogP contribution in [0.2, 0.25) is 0 Å². The highest BCUT2D eigenvalue weighted by molar-refractivity contribution is 5.93. The number of nitriles is 1. The van der Waals surface area contributed by atoms with Crippen LogP contribution in [0.4, 0.5) is 4.39 Å². The fraction of sp³-hybridized carbons (Fsp3) is 0.0769. The van der Waals surface area contributed by atoms with Gasteiger partial charge < -0.3 is 4.90 Å². The van der Waals surface area contributed by atoms with Crippen molar-refractivity contribution in [2.24, 2.45) is 0 Å². The first-order valence-corrected chi connectivity index (χ1v) is 10.0. The number of hydrogen-bond donors (Lipinski definition) is 0. The number of amides is 1. The highest BCUT2D eigenvalue weighted by Crippen LogP contribution is 2.17. The minimum absolute atomic E-state index is 0.219. The topological polar surface area (TPSA) is 69.9 Å². The van der Waals surface area contributed by atoms with E-state index in [2.05, 4.69) is 16.0 Å². The van der Waals surface area contributed by atoms with Gasteiger partial charge in [-0.15, -0.1) is 0 Å². The van der Waals surface area contributed by atoms with Crippen LogP contribution in [0, 0.1) is 17.1 Å². The van der Waals surface area contributed by atoms with Gasteiger partial charge in [0.15, 0.2) is 5.82 Å². The molecule has 4 rings (SSSR count). The van der Waals surface area contributed by atoms with Gasteiger partial charge in [-0.25, -0.2) is 14.4 Å². The lowest BCUT2D eigenvalue weighted by Crippen LogP contribution is -2.30. The molecule has 1 heterocycles. The number of halogens is 1. The number of hydrogen-bond acceptors (Lipinski definition) is 4. The Hall–Kier alpha value is -4.37. The summed E-state index contributed by atoms with van der Waals surface area (Å²) in [7, 11) is 0. The second-order valence-corrected chi connectivity index (χ2v) is 7.26. The van der Waals surface area contributed by atoms with E-state index >= 15 is 0 Å². The second kappa shape index (κ2) is 9.63. The lowest BCUT2D eigenvalue weighted by Gasteiger charge is -2.23. The molecule has 0 radical (unpaired) electrons. The summed E-state index contributed by atoms with van der Waals surface area (Å²) in [5, 5.41) is 9.01. The molecule has 0 saturated carbocycles. The molecule has 1 amide bonds. The third kappa shape index (κ3) is 5.02. The van der Waals surface area contributed by atoms with Gasteiger partial charge in [0, 0.05) is 31.0 Å². The van der Waals surface area contributed by atoms with E-state index in [4.69, 9.17) is 5.26 Å². The van der Waals surface area contributed by atoms with Gasteiger partial charge in [0.25, 0.3) is 5.91 Å². The van der Waals surface area contributed by atoms with Gasteiger partial charge >= 0.3 is 0 Å². The Balaban J connectivity index is 1.60. The van der Waals surface area contributed by atoms with E-state index in [1.54, 1.807) is 41.3 Å². The second-order valence-electron chi connectivity index (χ2n) is 7.26. The molecule has 0 N–H and O–H groups in total. The summed E-state index contributed by atoms with van der Waals surface area (Å²) in [6.45, 7) is 0.512. The predicted octanol–water partition coefficient (Wildman–Crippen LogP) is 5.00. The predicted molar refractivity (Wildman–Crippen MR) is 119 cm³/mol. The van der Waals surface area contributed by atoms with Crippen LogP contribution in [0.25, 0.3) is 11.4 Å². The van der Waals surface area contributed by atoms with Gasteiger partial charge in [0.05, 0.1) is 17.2 Å². The smallest absolute Gasteiger partial charge is 0.257 e. The quantitative estimate of drug-likeness (QED) is 0.439.